The third kappa shape index (κ3) is 3.35. The van der Waals surface area contributed by atoms with Gasteiger partial charge in [0.15, 0.2) is 5.76 Å². The van der Waals surface area contributed by atoms with Crippen molar-refractivity contribution in [3.05, 3.63) is 72.2 Å². The van der Waals surface area contributed by atoms with Gasteiger partial charge >= 0.3 is 0 Å². The van der Waals surface area contributed by atoms with E-state index in [9.17, 15) is 9.18 Å². The average molecular weight is 379 g/mol. The second kappa shape index (κ2) is 7.36. The Kier molecular flexibility index (Phi) is 4.59. The number of methoxy groups -OCH3 is 1. The lowest BCUT2D eigenvalue weighted by atomic mass is 10.1. The van der Waals surface area contributed by atoms with Gasteiger partial charge in [-0.15, -0.1) is 10.2 Å². The number of furan rings is 1. The van der Waals surface area contributed by atoms with E-state index in [1.165, 1.54) is 31.6 Å². The summed E-state index contributed by atoms with van der Waals surface area (Å²) in [6, 6.07) is 14.0. The first-order valence-electron chi connectivity index (χ1n) is 8.27. The minimum atomic E-state index is -0.603. The second-order valence-electron chi connectivity index (χ2n) is 5.74. The molecule has 0 aliphatic heterocycles. The monoisotopic (exact) mass is 379 g/mol. The molecule has 4 rings (SSSR count). The molecule has 28 heavy (non-hydrogen) atoms. The number of hydrogen-bond acceptors (Lipinski definition) is 6. The minimum Gasteiger partial charge on any atom is -0.496 e. The third-order valence-electron chi connectivity index (χ3n) is 3.96. The number of hydrogen-bond donors (Lipinski definition) is 1. The summed E-state index contributed by atoms with van der Waals surface area (Å²) in [5, 5.41) is 10.6. The molecule has 0 unspecified atom stereocenters. The van der Waals surface area contributed by atoms with E-state index in [-0.39, 0.29) is 17.3 Å². The summed E-state index contributed by atoms with van der Waals surface area (Å²) in [7, 11) is 1.50. The molecule has 0 saturated carbocycles. The van der Waals surface area contributed by atoms with Gasteiger partial charge in [0, 0.05) is 5.69 Å². The lowest BCUT2D eigenvalue weighted by Gasteiger charge is -2.10. The molecule has 2 heterocycles. The van der Waals surface area contributed by atoms with Crippen molar-refractivity contribution in [2.24, 2.45) is 0 Å². The normalized spacial score (nSPS) is 10.6. The van der Waals surface area contributed by atoms with Gasteiger partial charge in [0.05, 0.1) is 24.5 Å². The molecule has 140 valence electrons. The van der Waals surface area contributed by atoms with Crippen molar-refractivity contribution in [1.82, 2.24) is 10.2 Å². The second-order valence-corrected chi connectivity index (χ2v) is 5.74. The maximum Gasteiger partial charge on any atom is 0.283 e. The molecule has 0 radical (unpaired) electrons. The number of aromatic nitrogens is 2. The van der Waals surface area contributed by atoms with E-state index in [0.717, 1.165) is 0 Å². The molecule has 2 aromatic heterocycles. The highest BCUT2D eigenvalue weighted by Crippen LogP contribution is 2.33. The highest BCUT2D eigenvalue weighted by atomic mass is 19.1. The maximum absolute atomic E-state index is 13.8. The Labute approximate surface area is 158 Å². The predicted octanol–water partition coefficient (Wildman–Crippen LogP) is 4.40. The van der Waals surface area contributed by atoms with Crippen LogP contribution in [0.1, 0.15) is 10.4 Å². The molecule has 1 amide bonds. The standard InChI is InChI=1S/C20H14FN3O4/c1-26-16-9-8-12(22-18(25)13-5-2-3-6-15(13)21)11-14(16)19-23-24-20(28-19)17-7-4-10-27-17/h2-11H,1H3,(H,22,25). The van der Waals surface area contributed by atoms with Gasteiger partial charge in [-0.1, -0.05) is 12.1 Å². The van der Waals surface area contributed by atoms with E-state index < -0.39 is 11.7 Å². The first-order valence-corrected chi connectivity index (χ1v) is 8.27. The van der Waals surface area contributed by atoms with Crippen molar-refractivity contribution >= 4 is 11.6 Å². The Morgan fingerprint density at radius 1 is 1.07 bits per heavy atom. The molecule has 0 atom stereocenters. The molecule has 2 aromatic carbocycles. The van der Waals surface area contributed by atoms with Gasteiger partial charge in [-0.2, -0.15) is 0 Å². The van der Waals surface area contributed by atoms with Crippen LogP contribution < -0.4 is 10.1 Å². The van der Waals surface area contributed by atoms with Crippen LogP contribution in [-0.4, -0.2) is 23.2 Å². The Morgan fingerprint density at radius 3 is 2.64 bits per heavy atom. The summed E-state index contributed by atoms with van der Waals surface area (Å²) >= 11 is 0. The molecule has 0 bridgehead atoms. The number of amides is 1. The lowest BCUT2D eigenvalue weighted by Crippen LogP contribution is -2.13. The summed E-state index contributed by atoms with van der Waals surface area (Å²) in [6.45, 7) is 0. The molecule has 7 nitrogen and oxygen atoms in total. The summed E-state index contributed by atoms with van der Waals surface area (Å²) in [6.07, 6.45) is 1.50. The molecule has 0 spiro atoms. The summed E-state index contributed by atoms with van der Waals surface area (Å²) in [5.74, 6) is 0.123. The molecule has 8 heteroatoms. The lowest BCUT2D eigenvalue weighted by molar-refractivity contribution is 0.102. The van der Waals surface area contributed by atoms with Crippen LogP contribution in [0.15, 0.2) is 69.7 Å². The van der Waals surface area contributed by atoms with Crippen LogP contribution >= 0.6 is 0 Å². The first-order chi connectivity index (χ1) is 13.7. The Bertz CT molecular complexity index is 1120. The molecular weight excluding hydrogens is 365 g/mol. The number of halogens is 1. The molecule has 4 aromatic rings. The average Bonchev–Trinajstić information content (AvgIpc) is 3.40. The maximum atomic E-state index is 13.8. The summed E-state index contributed by atoms with van der Waals surface area (Å²) in [5.41, 5.74) is 0.832. The van der Waals surface area contributed by atoms with Gasteiger partial charge < -0.3 is 18.9 Å². The fraction of sp³-hybridized carbons (Fsp3) is 0.0500. The molecule has 0 aliphatic carbocycles. The van der Waals surface area contributed by atoms with Gasteiger partial charge in [-0.25, -0.2) is 4.39 Å². The van der Waals surface area contributed by atoms with E-state index in [0.29, 0.717) is 22.8 Å². The Morgan fingerprint density at radius 2 is 1.89 bits per heavy atom. The smallest absolute Gasteiger partial charge is 0.283 e. The quantitative estimate of drug-likeness (QED) is 0.553. The number of nitrogens with zero attached hydrogens (tertiary/aromatic N) is 2. The molecule has 0 saturated heterocycles. The fourth-order valence-electron chi connectivity index (χ4n) is 2.63. The summed E-state index contributed by atoms with van der Waals surface area (Å²) < 4.78 is 30.1. The van der Waals surface area contributed by atoms with E-state index in [2.05, 4.69) is 15.5 Å². The largest absolute Gasteiger partial charge is 0.496 e. The van der Waals surface area contributed by atoms with Crippen molar-refractivity contribution in [3.63, 3.8) is 0 Å². The topological polar surface area (TPSA) is 90.4 Å². The van der Waals surface area contributed by atoms with Gasteiger partial charge in [0.1, 0.15) is 11.6 Å². The van der Waals surface area contributed by atoms with Crippen LogP contribution in [0.5, 0.6) is 5.75 Å². The molecular formula is C20H14FN3O4. The number of anilines is 1. The number of carbonyl (C=O) groups is 1. The molecule has 0 aliphatic rings. The SMILES string of the molecule is COc1ccc(NC(=O)c2ccccc2F)cc1-c1nnc(-c2ccco2)o1. The van der Waals surface area contributed by atoms with Crippen molar-refractivity contribution in [3.8, 4) is 28.9 Å². The van der Waals surface area contributed by atoms with E-state index in [1.807, 2.05) is 0 Å². The number of carbonyl (C=O) groups excluding carboxylic acids is 1. The van der Waals surface area contributed by atoms with Crippen molar-refractivity contribution in [1.29, 1.82) is 0 Å². The number of rotatable bonds is 5. The van der Waals surface area contributed by atoms with Crippen molar-refractivity contribution in [2.45, 2.75) is 0 Å². The molecule has 0 fully saturated rings. The summed E-state index contributed by atoms with van der Waals surface area (Å²) in [4.78, 5) is 12.4. The zero-order valence-corrected chi connectivity index (χ0v) is 14.7. The van der Waals surface area contributed by atoms with Crippen LogP contribution in [0.4, 0.5) is 10.1 Å². The van der Waals surface area contributed by atoms with E-state index in [4.69, 9.17) is 13.6 Å². The zero-order chi connectivity index (χ0) is 19.5. The van der Waals surface area contributed by atoms with Crippen molar-refractivity contribution < 1.29 is 22.8 Å². The van der Waals surface area contributed by atoms with Crippen molar-refractivity contribution in [2.75, 3.05) is 12.4 Å². The number of benzene rings is 2. The fourth-order valence-corrected chi connectivity index (χ4v) is 2.63. The van der Waals surface area contributed by atoms with Gasteiger partial charge in [0.25, 0.3) is 17.7 Å². The minimum absolute atomic E-state index is 0.0576. The van der Waals surface area contributed by atoms with Crippen LogP contribution in [-0.2, 0) is 0 Å². The van der Waals surface area contributed by atoms with Gasteiger partial charge in [-0.05, 0) is 42.5 Å². The first kappa shape index (κ1) is 17.5. The van der Waals surface area contributed by atoms with Crippen LogP contribution in [0.3, 0.4) is 0 Å². The van der Waals surface area contributed by atoms with Gasteiger partial charge in [-0.3, -0.25) is 4.79 Å². The van der Waals surface area contributed by atoms with Crippen LogP contribution in [0.2, 0.25) is 0 Å². The van der Waals surface area contributed by atoms with Gasteiger partial charge in [0.2, 0.25) is 0 Å². The van der Waals surface area contributed by atoms with Crippen LogP contribution in [0, 0.1) is 5.82 Å². The van der Waals surface area contributed by atoms with E-state index >= 15 is 0 Å². The third-order valence-corrected chi connectivity index (χ3v) is 3.96. The predicted molar refractivity (Wildman–Crippen MR) is 98.3 cm³/mol. The number of nitrogens with one attached hydrogen (secondary N) is 1. The number of ether oxygens (including phenoxy) is 1. The van der Waals surface area contributed by atoms with Crippen LogP contribution in [0.25, 0.3) is 23.1 Å². The molecule has 1 N–H and O–H groups in total. The highest BCUT2D eigenvalue weighted by molar-refractivity contribution is 6.04. The Hall–Kier alpha value is -3.94. The highest BCUT2D eigenvalue weighted by Gasteiger charge is 2.18. The van der Waals surface area contributed by atoms with E-state index in [1.54, 1.807) is 36.4 Å². The zero-order valence-electron chi connectivity index (χ0n) is 14.7. The Balaban J connectivity index is 1.65.